The first kappa shape index (κ1) is 16.5. The van der Waals surface area contributed by atoms with E-state index in [1.807, 2.05) is 0 Å². The van der Waals surface area contributed by atoms with E-state index in [1.54, 1.807) is 48.3 Å². The number of hydrogen-bond donors (Lipinski definition) is 2. The Kier molecular flexibility index (Phi) is 3.85. The number of phenols is 1. The smallest absolute Gasteiger partial charge is 0.322 e. The van der Waals surface area contributed by atoms with E-state index in [0.29, 0.717) is 28.5 Å². The Balaban J connectivity index is 1.75. The van der Waals surface area contributed by atoms with E-state index in [0.717, 1.165) is 5.56 Å². The van der Waals surface area contributed by atoms with E-state index < -0.39 is 6.04 Å². The van der Waals surface area contributed by atoms with E-state index >= 15 is 0 Å². The molecule has 0 saturated heterocycles. The number of amides is 3. The van der Waals surface area contributed by atoms with Crippen LogP contribution in [0.2, 0.25) is 5.02 Å². The largest absolute Gasteiger partial charge is 0.508 e. The minimum Gasteiger partial charge on any atom is -0.508 e. The lowest BCUT2D eigenvalue weighted by Gasteiger charge is -2.31. The van der Waals surface area contributed by atoms with Crippen molar-refractivity contribution in [3.05, 3.63) is 70.4 Å². The van der Waals surface area contributed by atoms with Gasteiger partial charge >= 0.3 is 6.03 Å². The zero-order valence-corrected chi connectivity index (χ0v) is 14.7. The molecule has 132 valence electrons. The van der Waals surface area contributed by atoms with E-state index in [2.05, 4.69) is 5.32 Å². The zero-order valence-electron chi connectivity index (χ0n) is 13.9. The second-order valence-corrected chi connectivity index (χ2v) is 6.70. The van der Waals surface area contributed by atoms with Gasteiger partial charge in [-0.05, 0) is 42.0 Å². The topological polar surface area (TPSA) is 72.9 Å². The molecule has 0 aromatic heterocycles. The van der Waals surface area contributed by atoms with Gasteiger partial charge in [-0.1, -0.05) is 23.7 Å². The third-order valence-corrected chi connectivity index (χ3v) is 4.98. The molecule has 2 aliphatic rings. The first-order valence-corrected chi connectivity index (χ1v) is 8.47. The van der Waals surface area contributed by atoms with Crippen molar-refractivity contribution < 1.29 is 14.7 Å². The predicted molar refractivity (Wildman–Crippen MR) is 98.0 cm³/mol. The summed E-state index contributed by atoms with van der Waals surface area (Å²) in [6.45, 7) is 0.299. The molecule has 1 unspecified atom stereocenters. The van der Waals surface area contributed by atoms with Crippen LogP contribution < -0.4 is 10.2 Å². The summed E-state index contributed by atoms with van der Waals surface area (Å²) in [5, 5.41) is 12.9. The van der Waals surface area contributed by atoms with E-state index in [9.17, 15) is 14.7 Å². The van der Waals surface area contributed by atoms with E-state index in [4.69, 9.17) is 11.6 Å². The van der Waals surface area contributed by atoms with Gasteiger partial charge in [-0.25, -0.2) is 4.79 Å². The van der Waals surface area contributed by atoms with Crippen LogP contribution in [0.15, 0.2) is 59.8 Å². The molecule has 2 aliphatic heterocycles. The SMILES string of the molecule is CN1C(=O)NC(c2ccc(Cl)cc2)C2=C1CN(c1ccc(O)cc1)C2=O. The first-order chi connectivity index (χ1) is 12.5. The Bertz CT molecular complexity index is 922. The van der Waals surface area contributed by atoms with Gasteiger partial charge in [0, 0.05) is 17.8 Å². The summed E-state index contributed by atoms with van der Waals surface area (Å²) in [6, 6.07) is 12.7. The summed E-state index contributed by atoms with van der Waals surface area (Å²) in [7, 11) is 1.65. The van der Waals surface area contributed by atoms with E-state index in [1.165, 1.54) is 17.0 Å². The number of carbonyl (C=O) groups excluding carboxylic acids is 2. The molecular weight excluding hydrogens is 354 g/mol. The second kappa shape index (κ2) is 6.07. The molecule has 2 N–H and O–H groups in total. The average molecular weight is 370 g/mol. The Labute approximate surface area is 155 Å². The van der Waals surface area contributed by atoms with Gasteiger partial charge in [-0.2, -0.15) is 0 Å². The molecule has 7 heteroatoms. The number of likely N-dealkylation sites (N-methyl/N-ethyl adjacent to an activating group) is 1. The normalized spacial score (nSPS) is 19.7. The Morgan fingerprint density at radius 3 is 2.38 bits per heavy atom. The maximum absolute atomic E-state index is 13.1. The molecular formula is C19H16ClN3O3. The molecule has 0 bridgehead atoms. The molecule has 1 atom stereocenters. The number of anilines is 1. The molecule has 2 aromatic carbocycles. The van der Waals surface area contributed by atoms with Crippen molar-refractivity contribution >= 4 is 29.2 Å². The van der Waals surface area contributed by atoms with Gasteiger partial charge in [0.15, 0.2) is 0 Å². The number of phenolic OH excluding ortho intramolecular Hbond substituents is 1. The number of nitrogens with one attached hydrogen (secondary N) is 1. The van der Waals surface area contributed by atoms with Crippen LogP contribution in [0.25, 0.3) is 0 Å². The lowest BCUT2D eigenvalue weighted by atomic mass is 9.96. The predicted octanol–water partition coefficient (Wildman–Crippen LogP) is 3.04. The highest BCUT2D eigenvalue weighted by atomic mass is 35.5. The van der Waals surface area contributed by atoms with Gasteiger partial charge in [0.1, 0.15) is 5.75 Å². The summed E-state index contributed by atoms with van der Waals surface area (Å²) in [4.78, 5) is 28.6. The van der Waals surface area contributed by atoms with Crippen molar-refractivity contribution in [1.82, 2.24) is 10.2 Å². The quantitative estimate of drug-likeness (QED) is 0.854. The number of halogens is 1. The summed E-state index contributed by atoms with van der Waals surface area (Å²) >= 11 is 5.96. The van der Waals surface area contributed by atoms with Crippen molar-refractivity contribution in [2.24, 2.45) is 0 Å². The molecule has 6 nitrogen and oxygen atoms in total. The van der Waals surface area contributed by atoms with Crippen LogP contribution in [0, 0.1) is 0 Å². The van der Waals surface area contributed by atoms with Crippen LogP contribution in [-0.4, -0.2) is 35.5 Å². The molecule has 0 radical (unpaired) electrons. The number of aromatic hydroxyl groups is 1. The minimum atomic E-state index is -0.527. The summed E-state index contributed by atoms with van der Waals surface area (Å²) < 4.78 is 0. The van der Waals surface area contributed by atoms with Gasteiger partial charge in [0.25, 0.3) is 5.91 Å². The Morgan fingerprint density at radius 2 is 1.73 bits per heavy atom. The average Bonchev–Trinajstić information content (AvgIpc) is 2.97. The number of urea groups is 1. The summed E-state index contributed by atoms with van der Waals surface area (Å²) in [5.41, 5.74) is 2.68. The van der Waals surface area contributed by atoms with Gasteiger partial charge < -0.3 is 15.3 Å². The molecule has 0 spiro atoms. The van der Waals surface area contributed by atoms with Crippen LogP contribution in [-0.2, 0) is 4.79 Å². The summed E-state index contributed by atoms with van der Waals surface area (Å²) in [6.07, 6.45) is 0. The molecule has 26 heavy (non-hydrogen) atoms. The maximum atomic E-state index is 13.1. The highest BCUT2D eigenvalue weighted by Crippen LogP contribution is 2.38. The fraction of sp³-hybridized carbons (Fsp3) is 0.158. The lowest BCUT2D eigenvalue weighted by Crippen LogP contribution is -2.45. The van der Waals surface area contributed by atoms with Gasteiger partial charge in [0.05, 0.1) is 23.9 Å². The molecule has 0 aliphatic carbocycles. The highest BCUT2D eigenvalue weighted by Gasteiger charge is 2.43. The van der Waals surface area contributed by atoms with Gasteiger partial charge in [0.2, 0.25) is 0 Å². The Hall–Kier alpha value is -2.99. The van der Waals surface area contributed by atoms with Crippen molar-refractivity contribution in [3.63, 3.8) is 0 Å². The first-order valence-electron chi connectivity index (χ1n) is 8.09. The van der Waals surface area contributed by atoms with Crippen LogP contribution in [0.1, 0.15) is 11.6 Å². The molecule has 2 aromatic rings. The van der Waals surface area contributed by atoms with Crippen molar-refractivity contribution in [2.75, 3.05) is 18.5 Å². The lowest BCUT2D eigenvalue weighted by molar-refractivity contribution is -0.114. The van der Waals surface area contributed by atoms with Crippen LogP contribution in [0.3, 0.4) is 0 Å². The fourth-order valence-corrected chi connectivity index (χ4v) is 3.44. The molecule has 4 rings (SSSR count). The van der Waals surface area contributed by atoms with Crippen molar-refractivity contribution in [2.45, 2.75) is 6.04 Å². The number of carbonyl (C=O) groups is 2. The molecule has 2 heterocycles. The number of nitrogens with zero attached hydrogens (tertiary/aromatic N) is 2. The highest BCUT2D eigenvalue weighted by molar-refractivity contribution is 6.30. The molecule has 3 amide bonds. The third-order valence-electron chi connectivity index (χ3n) is 4.73. The maximum Gasteiger partial charge on any atom is 0.322 e. The standard InChI is InChI=1S/C19H16ClN3O3/c1-22-15-10-23(13-6-8-14(24)9-7-13)18(25)16(15)17(21-19(22)26)11-2-4-12(20)5-3-11/h2-9,17,24H,10H2,1H3,(H,21,26). The monoisotopic (exact) mass is 369 g/mol. The van der Waals surface area contributed by atoms with Crippen molar-refractivity contribution in [3.8, 4) is 5.75 Å². The molecule has 0 saturated carbocycles. The number of benzene rings is 2. The second-order valence-electron chi connectivity index (χ2n) is 6.26. The zero-order chi connectivity index (χ0) is 18.4. The fourth-order valence-electron chi connectivity index (χ4n) is 3.31. The van der Waals surface area contributed by atoms with Crippen LogP contribution in [0.4, 0.5) is 10.5 Å². The third kappa shape index (κ3) is 2.59. The van der Waals surface area contributed by atoms with E-state index in [-0.39, 0.29) is 17.7 Å². The minimum absolute atomic E-state index is 0.131. The van der Waals surface area contributed by atoms with Crippen LogP contribution in [0.5, 0.6) is 5.75 Å². The summed E-state index contributed by atoms with van der Waals surface area (Å²) in [5.74, 6) is -0.0383. The van der Waals surface area contributed by atoms with Crippen LogP contribution >= 0.6 is 11.6 Å². The Morgan fingerprint density at radius 1 is 1.08 bits per heavy atom. The van der Waals surface area contributed by atoms with Crippen molar-refractivity contribution in [1.29, 1.82) is 0 Å². The number of hydrogen-bond acceptors (Lipinski definition) is 3. The number of rotatable bonds is 2. The van der Waals surface area contributed by atoms with Gasteiger partial charge in [-0.15, -0.1) is 0 Å². The molecule has 0 fully saturated rings. The van der Waals surface area contributed by atoms with Gasteiger partial charge in [-0.3, -0.25) is 9.69 Å².